The Morgan fingerprint density at radius 3 is 1.79 bits per heavy atom. The lowest BCUT2D eigenvalue weighted by molar-refractivity contribution is 0.476. The van der Waals surface area contributed by atoms with Gasteiger partial charge in [0.1, 0.15) is 11.4 Å². The number of rotatable bonds is 7. The maximum atomic E-state index is 14.7. The van der Waals surface area contributed by atoms with Gasteiger partial charge in [-0.25, -0.2) is 27.3 Å². The molecule has 0 aliphatic heterocycles. The third-order valence-corrected chi connectivity index (χ3v) is 12.4. The molecular formula is C49H34N4O3S. The lowest BCUT2D eigenvalue weighted by atomic mass is 9.88. The number of nitrogens with zero attached hydrogens (tertiary/aromatic N) is 4. The first-order valence-corrected chi connectivity index (χ1v) is 20.2. The minimum atomic E-state index is -4.17. The first kappa shape index (κ1) is 34.3. The minimum Gasteiger partial charge on any atom is -0.507 e. The van der Waals surface area contributed by atoms with Gasteiger partial charge in [-0.1, -0.05) is 133 Å². The number of phenols is 1. The maximum Gasteiger partial charge on any atom is 0.270 e. The highest BCUT2D eigenvalue weighted by molar-refractivity contribution is 7.90. The summed E-state index contributed by atoms with van der Waals surface area (Å²) in [4.78, 5) is 15.6. The Kier molecular flexibility index (Phi) is 8.34. The Hall–Kier alpha value is -7.16. The topological polar surface area (TPSA) is 98.0 Å². The molecule has 10 rings (SSSR count). The number of aromatic hydroxyl groups is 1. The van der Waals surface area contributed by atoms with Gasteiger partial charge in [-0.2, -0.15) is 0 Å². The summed E-state index contributed by atoms with van der Waals surface area (Å²) in [5.41, 5.74) is 11.8. The van der Waals surface area contributed by atoms with Gasteiger partial charge in [0.15, 0.2) is 5.82 Å². The second-order valence-electron chi connectivity index (χ2n) is 14.1. The van der Waals surface area contributed by atoms with E-state index >= 15 is 0 Å². The zero-order valence-corrected chi connectivity index (χ0v) is 31.4. The molecule has 8 heteroatoms. The summed E-state index contributed by atoms with van der Waals surface area (Å²) in [6.45, 7) is 0. The maximum absolute atomic E-state index is 14.7. The molecule has 0 saturated heterocycles. The second-order valence-corrected chi connectivity index (χ2v) is 15.9. The summed E-state index contributed by atoms with van der Waals surface area (Å²) in [5.74, 6) is 0.310. The molecule has 6 aromatic carbocycles. The standard InChI is InChI=1S/C49H34N4O3S/c54-44-27-10-18-34-28-29-35-30-31-42(51-47(35)45(34)44)49-52-48-39(23-12-26-43(48)53(49)57(55,56)36-19-8-3-9-20-36)40-24-13-25-41(50-40)46-37(32-14-4-1-5-15-32)21-11-22-38(46)33-16-6-2-7-17-33/h1-27,30-31,54H,28-29H2. The van der Waals surface area contributed by atoms with Crippen LogP contribution in [-0.2, 0) is 22.9 Å². The molecule has 1 N–H and O–H groups in total. The molecule has 274 valence electrons. The van der Waals surface area contributed by atoms with Crippen LogP contribution in [0.3, 0.4) is 0 Å². The normalized spacial score (nSPS) is 12.3. The molecule has 0 saturated carbocycles. The van der Waals surface area contributed by atoms with Crippen LogP contribution >= 0.6 is 0 Å². The Labute approximate surface area is 330 Å². The number of hydrogen-bond acceptors (Lipinski definition) is 6. The largest absolute Gasteiger partial charge is 0.507 e. The summed E-state index contributed by atoms with van der Waals surface area (Å²) >= 11 is 0. The van der Waals surface area contributed by atoms with Crippen LogP contribution in [0.4, 0.5) is 0 Å². The Morgan fingerprint density at radius 2 is 1.07 bits per heavy atom. The number of fused-ring (bicyclic) bond motifs is 4. The third-order valence-electron chi connectivity index (χ3n) is 10.7. The lowest BCUT2D eigenvalue weighted by Gasteiger charge is -2.20. The van der Waals surface area contributed by atoms with Crippen LogP contribution in [-0.4, -0.2) is 32.4 Å². The summed E-state index contributed by atoms with van der Waals surface area (Å²) in [7, 11) is -4.17. The van der Waals surface area contributed by atoms with Gasteiger partial charge in [0, 0.05) is 16.7 Å². The number of imidazole rings is 1. The molecule has 1 aliphatic rings. The number of aromatic nitrogens is 4. The van der Waals surface area contributed by atoms with Crippen LogP contribution in [0.25, 0.3) is 78.6 Å². The molecule has 0 spiro atoms. The van der Waals surface area contributed by atoms with Crippen molar-refractivity contribution < 1.29 is 13.5 Å². The highest BCUT2D eigenvalue weighted by atomic mass is 32.2. The molecule has 0 unspecified atom stereocenters. The van der Waals surface area contributed by atoms with Gasteiger partial charge in [0.25, 0.3) is 10.0 Å². The van der Waals surface area contributed by atoms with E-state index in [2.05, 4.69) is 42.5 Å². The second kappa shape index (κ2) is 13.8. The quantitative estimate of drug-likeness (QED) is 0.174. The predicted octanol–water partition coefficient (Wildman–Crippen LogP) is 10.9. The molecule has 0 fully saturated rings. The number of phenolic OH excluding ortho intramolecular Hbond substituents is 1. The highest BCUT2D eigenvalue weighted by Gasteiger charge is 2.29. The molecule has 7 nitrogen and oxygen atoms in total. The van der Waals surface area contributed by atoms with Crippen molar-refractivity contribution in [3.05, 3.63) is 187 Å². The van der Waals surface area contributed by atoms with Gasteiger partial charge in [0.2, 0.25) is 0 Å². The van der Waals surface area contributed by atoms with Crippen molar-refractivity contribution in [2.24, 2.45) is 0 Å². The number of benzene rings is 6. The fraction of sp³-hybridized carbons (Fsp3) is 0.0408. The summed E-state index contributed by atoms with van der Waals surface area (Å²) in [6.07, 6.45) is 1.53. The van der Waals surface area contributed by atoms with Crippen molar-refractivity contribution in [1.29, 1.82) is 0 Å². The van der Waals surface area contributed by atoms with Crippen LogP contribution < -0.4 is 0 Å². The number of para-hydroxylation sites is 1. The summed E-state index contributed by atoms with van der Waals surface area (Å²) < 4.78 is 30.7. The van der Waals surface area contributed by atoms with Gasteiger partial charge < -0.3 is 5.11 Å². The highest BCUT2D eigenvalue weighted by Crippen LogP contribution is 2.42. The van der Waals surface area contributed by atoms with E-state index < -0.39 is 10.0 Å². The van der Waals surface area contributed by atoms with Crippen LogP contribution in [0.5, 0.6) is 5.75 Å². The number of pyridine rings is 2. The van der Waals surface area contributed by atoms with Gasteiger partial charge in [-0.15, -0.1) is 0 Å². The van der Waals surface area contributed by atoms with Crippen LogP contribution in [0.2, 0.25) is 0 Å². The van der Waals surface area contributed by atoms with Crippen molar-refractivity contribution in [3.8, 4) is 73.3 Å². The summed E-state index contributed by atoms with van der Waals surface area (Å²) in [6, 6.07) is 56.1. The average molecular weight is 759 g/mol. The SMILES string of the molecule is O=S(=O)(c1ccccc1)n1c(-c2ccc3c(n2)-c2c(O)cccc2CC3)nc2c(-c3cccc(-c4c(-c5ccccc5)cccc4-c4ccccc4)n3)cccc21. The fourth-order valence-corrected chi connectivity index (χ4v) is 9.50. The average Bonchev–Trinajstić information content (AvgIpc) is 3.68. The van der Waals surface area contributed by atoms with Crippen molar-refractivity contribution in [1.82, 2.24) is 18.9 Å². The van der Waals surface area contributed by atoms with E-state index in [-0.39, 0.29) is 16.5 Å². The molecule has 1 aliphatic carbocycles. The zero-order valence-electron chi connectivity index (χ0n) is 30.6. The molecule has 9 aromatic rings. The zero-order chi connectivity index (χ0) is 38.5. The van der Waals surface area contributed by atoms with E-state index in [0.717, 1.165) is 57.5 Å². The van der Waals surface area contributed by atoms with E-state index in [0.29, 0.717) is 39.2 Å². The molecule has 0 bridgehead atoms. The van der Waals surface area contributed by atoms with E-state index in [1.54, 1.807) is 42.5 Å². The van der Waals surface area contributed by atoms with Crippen LogP contribution in [0.15, 0.2) is 181 Å². The Morgan fingerprint density at radius 1 is 0.474 bits per heavy atom. The smallest absolute Gasteiger partial charge is 0.270 e. The fourth-order valence-electron chi connectivity index (χ4n) is 8.02. The molecule has 3 aromatic heterocycles. The lowest BCUT2D eigenvalue weighted by Crippen LogP contribution is -2.15. The molecule has 57 heavy (non-hydrogen) atoms. The van der Waals surface area contributed by atoms with Crippen molar-refractivity contribution in [2.45, 2.75) is 17.7 Å². The van der Waals surface area contributed by atoms with E-state index in [9.17, 15) is 13.5 Å². The molecular weight excluding hydrogens is 725 g/mol. The Bertz CT molecular complexity index is 3030. The van der Waals surface area contributed by atoms with Gasteiger partial charge >= 0.3 is 0 Å². The van der Waals surface area contributed by atoms with E-state index in [4.69, 9.17) is 15.0 Å². The predicted molar refractivity (Wildman–Crippen MR) is 226 cm³/mol. The van der Waals surface area contributed by atoms with Crippen molar-refractivity contribution >= 4 is 21.1 Å². The molecule has 3 heterocycles. The first-order valence-electron chi connectivity index (χ1n) is 18.8. The molecule has 0 amide bonds. The van der Waals surface area contributed by atoms with Gasteiger partial charge in [0.05, 0.1) is 33.0 Å². The molecule has 0 radical (unpaired) electrons. The number of aryl methyl sites for hydroxylation is 2. The first-order chi connectivity index (χ1) is 28.0. The van der Waals surface area contributed by atoms with Gasteiger partial charge in [-0.3, -0.25) is 0 Å². The monoisotopic (exact) mass is 758 g/mol. The minimum absolute atomic E-state index is 0.128. The van der Waals surface area contributed by atoms with Crippen LogP contribution in [0, 0.1) is 0 Å². The third kappa shape index (κ3) is 5.89. The van der Waals surface area contributed by atoms with Gasteiger partial charge in [-0.05, 0) is 88.7 Å². The van der Waals surface area contributed by atoms with Crippen molar-refractivity contribution in [2.75, 3.05) is 0 Å². The van der Waals surface area contributed by atoms with E-state index in [1.807, 2.05) is 91.0 Å². The van der Waals surface area contributed by atoms with Crippen LogP contribution in [0.1, 0.15) is 11.1 Å². The summed E-state index contributed by atoms with van der Waals surface area (Å²) in [5, 5.41) is 11.0. The van der Waals surface area contributed by atoms with E-state index in [1.165, 1.54) is 3.97 Å². The molecule has 0 atom stereocenters. The van der Waals surface area contributed by atoms with Crippen molar-refractivity contribution in [3.63, 3.8) is 0 Å². The Balaban J connectivity index is 1.20. The number of hydrogen-bond donors (Lipinski definition) is 1.